The molecule has 1 atom stereocenters. The van der Waals surface area contributed by atoms with Crippen LogP contribution in [-0.4, -0.2) is 22.6 Å². The Morgan fingerprint density at radius 3 is 2.89 bits per heavy atom. The smallest absolute Gasteiger partial charge is 0.151 e. The van der Waals surface area contributed by atoms with Gasteiger partial charge in [0.05, 0.1) is 5.52 Å². The van der Waals surface area contributed by atoms with Crippen molar-refractivity contribution in [1.82, 2.24) is 14.9 Å². The van der Waals surface area contributed by atoms with Crippen LogP contribution in [0.5, 0.6) is 0 Å². The van der Waals surface area contributed by atoms with Gasteiger partial charge in [0.1, 0.15) is 11.3 Å². The van der Waals surface area contributed by atoms with Gasteiger partial charge in [0.25, 0.3) is 0 Å². The second-order valence-electron chi connectivity index (χ2n) is 5.72. The molecule has 4 rings (SSSR count). The molecule has 1 saturated heterocycles. The Hall–Kier alpha value is -1.42. The highest BCUT2D eigenvalue weighted by Gasteiger charge is 2.32. The Balaban J connectivity index is 1.88. The molecule has 4 heteroatoms. The molecule has 1 unspecified atom stereocenters. The van der Waals surface area contributed by atoms with E-state index in [1.54, 1.807) is 6.07 Å². The quantitative estimate of drug-likeness (QED) is 0.898. The third-order valence-electron chi connectivity index (χ3n) is 4.27. The van der Waals surface area contributed by atoms with Crippen LogP contribution in [0.1, 0.15) is 43.5 Å². The van der Waals surface area contributed by atoms with E-state index in [9.17, 15) is 4.39 Å². The number of halogens is 1. The zero-order chi connectivity index (χ0) is 12.8. The largest absolute Gasteiger partial charge is 0.324 e. The Kier molecular flexibility index (Phi) is 2.58. The van der Waals surface area contributed by atoms with Crippen molar-refractivity contribution in [2.45, 2.75) is 37.6 Å². The molecule has 1 aliphatic heterocycles. The van der Waals surface area contributed by atoms with Gasteiger partial charge in [-0.1, -0.05) is 6.07 Å². The molecule has 100 valence electrons. The van der Waals surface area contributed by atoms with E-state index in [-0.39, 0.29) is 5.82 Å². The maximum atomic E-state index is 13.9. The van der Waals surface area contributed by atoms with Crippen LogP contribution in [0, 0.1) is 5.82 Å². The van der Waals surface area contributed by atoms with Crippen LogP contribution in [-0.2, 0) is 0 Å². The molecule has 3 nitrogen and oxygen atoms in total. The molecule has 19 heavy (non-hydrogen) atoms. The van der Waals surface area contributed by atoms with E-state index in [4.69, 9.17) is 0 Å². The number of fused-ring (bicyclic) bond motifs is 1. The second-order valence-corrected chi connectivity index (χ2v) is 5.72. The van der Waals surface area contributed by atoms with E-state index in [0.29, 0.717) is 17.5 Å². The number of piperidine rings is 1. The third kappa shape index (κ3) is 1.86. The van der Waals surface area contributed by atoms with E-state index in [1.165, 1.54) is 25.3 Å². The molecule has 1 aliphatic carbocycles. The number of hydrogen-bond donors (Lipinski definition) is 1. The van der Waals surface area contributed by atoms with Gasteiger partial charge < -0.3 is 9.88 Å². The molecule has 2 heterocycles. The molecule has 0 bridgehead atoms. The molecule has 0 amide bonds. The molecule has 1 aromatic carbocycles. The topological polar surface area (TPSA) is 29.9 Å². The first-order valence-electron chi connectivity index (χ1n) is 7.21. The van der Waals surface area contributed by atoms with Crippen LogP contribution in [0.4, 0.5) is 4.39 Å². The van der Waals surface area contributed by atoms with Crippen molar-refractivity contribution in [3.8, 4) is 0 Å². The Morgan fingerprint density at radius 2 is 2.16 bits per heavy atom. The third-order valence-corrected chi connectivity index (χ3v) is 4.27. The Labute approximate surface area is 111 Å². The van der Waals surface area contributed by atoms with Crippen molar-refractivity contribution in [3.63, 3.8) is 0 Å². The molecule has 0 radical (unpaired) electrons. The van der Waals surface area contributed by atoms with Crippen LogP contribution in [0.15, 0.2) is 18.2 Å². The fourth-order valence-corrected chi connectivity index (χ4v) is 3.18. The monoisotopic (exact) mass is 259 g/mol. The lowest BCUT2D eigenvalue weighted by Gasteiger charge is -2.23. The minimum absolute atomic E-state index is 0.193. The first kappa shape index (κ1) is 11.4. The van der Waals surface area contributed by atoms with Crippen molar-refractivity contribution in [2.75, 3.05) is 13.1 Å². The minimum atomic E-state index is -0.193. The van der Waals surface area contributed by atoms with Gasteiger partial charge in [-0.15, -0.1) is 0 Å². The van der Waals surface area contributed by atoms with Crippen molar-refractivity contribution in [3.05, 3.63) is 29.8 Å². The van der Waals surface area contributed by atoms with Gasteiger partial charge in [-0.05, 0) is 44.4 Å². The van der Waals surface area contributed by atoms with Gasteiger partial charge in [-0.3, -0.25) is 0 Å². The van der Waals surface area contributed by atoms with Crippen LogP contribution >= 0.6 is 0 Å². The highest BCUT2D eigenvalue weighted by atomic mass is 19.1. The van der Waals surface area contributed by atoms with Gasteiger partial charge in [-0.25, -0.2) is 9.37 Å². The van der Waals surface area contributed by atoms with Gasteiger partial charge in [0.2, 0.25) is 0 Å². The molecular weight excluding hydrogens is 241 g/mol. The molecule has 1 N–H and O–H groups in total. The van der Waals surface area contributed by atoms with E-state index < -0.39 is 0 Å². The zero-order valence-electron chi connectivity index (χ0n) is 10.9. The van der Waals surface area contributed by atoms with E-state index in [1.807, 2.05) is 6.07 Å². The van der Waals surface area contributed by atoms with Crippen molar-refractivity contribution < 1.29 is 4.39 Å². The summed E-state index contributed by atoms with van der Waals surface area (Å²) in [5.74, 6) is 1.33. The molecule has 1 aromatic heterocycles. The van der Waals surface area contributed by atoms with E-state index in [2.05, 4.69) is 14.9 Å². The summed E-state index contributed by atoms with van der Waals surface area (Å²) in [5.41, 5.74) is 1.53. The van der Waals surface area contributed by atoms with Crippen LogP contribution in [0.25, 0.3) is 11.0 Å². The van der Waals surface area contributed by atoms with Crippen LogP contribution < -0.4 is 5.32 Å². The number of benzene rings is 1. The average Bonchev–Trinajstić information content (AvgIpc) is 3.20. The summed E-state index contributed by atoms with van der Waals surface area (Å²) < 4.78 is 16.2. The number of nitrogens with zero attached hydrogens (tertiary/aromatic N) is 2. The summed E-state index contributed by atoms with van der Waals surface area (Å²) in [6.07, 6.45) is 4.75. The van der Waals surface area contributed by atoms with Crippen molar-refractivity contribution in [2.24, 2.45) is 0 Å². The average molecular weight is 259 g/mol. The first-order valence-corrected chi connectivity index (χ1v) is 7.21. The van der Waals surface area contributed by atoms with Gasteiger partial charge in [0.15, 0.2) is 5.82 Å². The predicted octanol–water partition coefficient (Wildman–Crippen LogP) is 2.98. The summed E-state index contributed by atoms with van der Waals surface area (Å²) >= 11 is 0. The summed E-state index contributed by atoms with van der Waals surface area (Å²) in [4.78, 5) is 4.65. The van der Waals surface area contributed by atoms with E-state index in [0.717, 1.165) is 30.9 Å². The number of aromatic nitrogens is 2. The highest BCUT2D eigenvalue weighted by Crippen LogP contribution is 2.41. The van der Waals surface area contributed by atoms with Crippen molar-refractivity contribution in [1.29, 1.82) is 0 Å². The molecule has 0 spiro atoms. The first-order chi connectivity index (χ1) is 9.34. The number of imidazole rings is 1. The summed E-state index contributed by atoms with van der Waals surface area (Å²) in [6.45, 7) is 2.06. The molecular formula is C15H18FN3. The van der Waals surface area contributed by atoms with Crippen LogP contribution in [0.3, 0.4) is 0 Å². The second kappa shape index (κ2) is 4.30. The molecule has 1 saturated carbocycles. The number of rotatable bonds is 2. The van der Waals surface area contributed by atoms with Crippen LogP contribution in [0.2, 0.25) is 0 Å². The minimum Gasteiger partial charge on any atom is -0.324 e. The maximum absolute atomic E-state index is 13.9. The van der Waals surface area contributed by atoms with Gasteiger partial charge in [-0.2, -0.15) is 0 Å². The Bertz CT molecular complexity index is 609. The zero-order valence-corrected chi connectivity index (χ0v) is 10.9. The molecule has 2 fully saturated rings. The summed E-state index contributed by atoms with van der Waals surface area (Å²) in [7, 11) is 0. The van der Waals surface area contributed by atoms with Crippen molar-refractivity contribution >= 4 is 11.0 Å². The molecule has 2 aromatic rings. The fraction of sp³-hybridized carbons (Fsp3) is 0.533. The summed E-state index contributed by atoms with van der Waals surface area (Å²) in [5, 5.41) is 3.43. The fourth-order valence-electron chi connectivity index (χ4n) is 3.18. The standard InChI is InChI=1S/C15H18FN3/c16-12-4-1-5-13-14(12)18-15(19(13)11-6-7-11)10-3-2-8-17-9-10/h1,4-5,10-11,17H,2-3,6-9H2. The number of para-hydroxylation sites is 1. The lowest BCUT2D eigenvalue weighted by Crippen LogP contribution is -2.30. The number of nitrogens with one attached hydrogen (secondary N) is 1. The lowest BCUT2D eigenvalue weighted by molar-refractivity contribution is 0.434. The maximum Gasteiger partial charge on any atom is 0.151 e. The molecule has 2 aliphatic rings. The van der Waals surface area contributed by atoms with Gasteiger partial charge in [0, 0.05) is 18.5 Å². The normalized spacial score (nSPS) is 23.9. The van der Waals surface area contributed by atoms with E-state index >= 15 is 0 Å². The number of hydrogen-bond acceptors (Lipinski definition) is 2. The predicted molar refractivity (Wildman–Crippen MR) is 72.8 cm³/mol. The Morgan fingerprint density at radius 1 is 1.26 bits per heavy atom. The van der Waals surface area contributed by atoms with Gasteiger partial charge >= 0.3 is 0 Å². The lowest BCUT2D eigenvalue weighted by atomic mass is 9.99. The highest BCUT2D eigenvalue weighted by molar-refractivity contribution is 5.77. The summed E-state index contributed by atoms with van der Waals surface area (Å²) in [6, 6.07) is 5.85. The SMILES string of the molecule is Fc1cccc2c1nc(C1CCCNC1)n2C1CC1.